The van der Waals surface area contributed by atoms with Crippen molar-refractivity contribution in [2.45, 2.75) is 30.6 Å². The Balaban J connectivity index is 1.79. The molecule has 1 saturated heterocycles. The number of hydrogen-bond donors (Lipinski definition) is 0. The second-order valence-electron chi connectivity index (χ2n) is 5.60. The van der Waals surface area contributed by atoms with Gasteiger partial charge in [0.2, 0.25) is 10.0 Å². The number of rotatable bonds is 3. The van der Waals surface area contributed by atoms with Crippen molar-refractivity contribution in [2.24, 2.45) is 0 Å². The van der Waals surface area contributed by atoms with E-state index in [1.807, 2.05) is 0 Å². The number of nitrogens with zero attached hydrogens (tertiary/aromatic N) is 1. The molecule has 3 rings (SSSR count). The maximum atomic E-state index is 12.8. The summed E-state index contributed by atoms with van der Waals surface area (Å²) in [4.78, 5) is 0.328. The van der Waals surface area contributed by atoms with E-state index < -0.39 is 10.0 Å². The van der Waals surface area contributed by atoms with Crippen LogP contribution >= 0.6 is 22.9 Å². The highest BCUT2D eigenvalue weighted by Crippen LogP contribution is 2.33. The van der Waals surface area contributed by atoms with E-state index in [1.54, 1.807) is 40.8 Å². The summed E-state index contributed by atoms with van der Waals surface area (Å²) in [6, 6.07) is 7.20. The Bertz CT molecular complexity index is 748. The van der Waals surface area contributed by atoms with Gasteiger partial charge >= 0.3 is 0 Å². The van der Waals surface area contributed by atoms with Crippen LogP contribution in [0.15, 0.2) is 39.9 Å². The fourth-order valence-corrected chi connectivity index (χ4v) is 5.63. The van der Waals surface area contributed by atoms with Crippen LogP contribution in [0.3, 0.4) is 0 Å². The first kappa shape index (κ1) is 16.0. The van der Waals surface area contributed by atoms with Gasteiger partial charge in [-0.2, -0.15) is 15.6 Å². The Hall–Kier alpha value is -0.880. The van der Waals surface area contributed by atoms with Crippen molar-refractivity contribution < 1.29 is 8.42 Å². The Morgan fingerprint density at radius 3 is 2.59 bits per heavy atom. The number of thiophene rings is 1. The maximum absolute atomic E-state index is 12.8. The monoisotopic (exact) mass is 355 g/mol. The molecule has 0 N–H and O–H groups in total. The van der Waals surface area contributed by atoms with E-state index in [4.69, 9.17) is 11.6 Å². The number of piperidine rings is 1. The lowest BCUT2D eigenvalue weighted by Crippen LogP contribution is -2.38. The van der Waals surface area contributed by atoms with E-state index >= 15 is 0 Å². The third-order valence-corrected chi connectivity index (χ3v) is 7.46. The van der Waals surface area contributed by atoms with Gasteiger partial charge in [0.1, 0.15) is 0 Å². The van der Waals surface area contributed by atoms with Crippen LogP contribution in [0.25, 0.3) is 0 Å². The van der Waals surface area contributed by atoms with E-state index in [0.717, 1.165) is 12.8 Å². The van der Waals surface area contributed by atoms with E-state index in [9.17, 15) is 8.42 Å². The Labute approximate surface area is 140 Å². The molecule has 0 atom stereocenters. The zero-order valence-electron chi connectivity index (χ0n) is 12.3. The topological polar surface area (TPSA) is 37.4 Å². The van der Waals surface area contributed by atoms with E-state index in [-0.39, 0.29) is 0 Å². The highest BCUT2D eigenvalue weighted by Gasteiger charge is 2.31. The van der Waals surface area contributed by atoms with Crippen LogP contribution in [-0.4, -0.2) is 25.8 Å². The van der Waals surface area contributed by atoms with Crippen LogP contribution in [0.1, 0.15) is 29.9 Å². The summed E-state index contributed by atoms with van der Waals surface area (Å²) in [6.45, 7) is 2.89. The molecule has 1 aliphatic heterocycles. The lowest BCUT2D eigenvalue weighted by molar-refractivity contribution is 0.319. The number of sulfonamides is 1. The van der Waals surface area contributed by atoms with Crippen LogP contribution in [0, 0.1) is 6.92 Å². The van der Waals surface area contributed by atoms with E-state index in [2.05, 4.69) is 16.8 Å². The van der Waals surface area contributed by atoms with Crippen LogP contribution in [0.5, 0.6) is 0 Å². The smallest absolute Gasteiger partial charge is 0.207 e. The van der Waals surface area contributed by atoms with Crippen LogP contribution in [-0.2, 0) is 10.0 Å². The minimum absolute atomic E-state index is 0.328. The molecule has 2 aromatic rings. The molecule has 118 valence electrons. The molecule has 1 aromatic carbocycles. The summed E-state index contributed by atoms with van der Waals surface area (Å²) in [5.41, 5.74) is 1.96. The highest BCUT2D eigenvalue weighted by atomic mass is 35.5. The first-order valence-electron chi connectivity index (χ1n) is 7.27. The molecule has 1 aliphatic rings. The van der Waals surface area contributed by atoms with Gasteiger partial charge < -0.3 is 0 Å². The lowest BCUT2D eigenvalue weighted by atomic mass is 9.92. The van der Waals surface area contributed by atoms with E-state index in [1.165, 1.54) is 5.56 Å². The van der Waals surface area contributed by atoms with Gasteiger partial charge in [-0.3, -0.25) is 0 Å². The molecule has 0 amide bonds. The molecule has 0 bridgehead atoms. The fraction of sp³-hybridized carbons (Fsp3) is 0.375. The zero-order chi connectivity index (χ0) is 15.7. The SMILES string of the molecule is Cc1c(Cl)cccc1S(=O)(=O)N1CCC(c2ccsc2)CC1. The summed E-state index contributed by atoms with van der Waals surface area (Å²) >= 11 is 7.76. The first-order valence-corrected chi connectivity index (χ1v) is 10.0. The van der Waals surface area contributed by atoms with Crippen molar-refractivity contribution in [3.8, 4) is 0 Å². The van der Waals surface area contributed by atoms with Gasteiger partial charge in [0.15, 0.2) is 0 Å². The standard InChI is InChI=1S/C16H18ClNO2S2/c1-12-15(17)3-2-4-16(12)22(19,20)18-8-5-13(6-9-18)14-7-10-21-11-14/h2-4,7,10-11,13H,5-6,8-9H2,1H3. The van der Waals surface area contributed by atoms with Crippen molar-refractivity contribution in [3.63, 3.8) is 0 Å². The molecule has 1 aromatic heterocycles. The molecule has 2 heterocycles. The van der Waals surface area contributed by atoms with Gasteiger partial charge in [-0.05, 0) is 65.8 Å². The molecule has 0 unspecified atom stereocenters. The summed E-state index contributed by atoms with van der Waals surface area (Å²) in [5, 5.41) is 4.73. The molecular weight excluding hydrogens is 338 g/mol. The van der Waals surface area contributed by atoms with Gasteiger partial charge in [-0.1, -0.05) is 17.7 Å². The van der Waals surface area contributed by atoms with Crippen LogP contribution < -0.4 is 0 Å². The Morgan fingerprint density at radius 1 is 1.23 bits per heavy atom. The second kappa shape index (κ2) is 6.32. The lowest BCUT2D eigenvalue weighted by Gasteiger charge is -2.31. The molecule has 0 saturated carbocycles. The molecule has 6 heteroatoms. The average molecular weight is 356 g/mol. The second-order valence-corrected chi connectivity index (χ2v) is 8.69. The number of hydrogen-bond acceptors (Lipinski definition) is 3. The summed E-state index contributed by atoms with van der Waals surface area (Å²) in [7, 11) is -3.46. The predicted molar refractivity (Wildman–Crippen MR) is 91.2 cm³/mol. The van der Waals surface area contributed by atoms with Gasteiger partial charge in [-0.25, -0.2) is 8.42 Å². The summed E-state index contributed by atoms with van der Waals surface area (Å²) in [5.74, 6) is 0.471. The van der Waals surface area contributed by atoms with Crippen molar-refractivity contribution in [2.75, 3.05) is 13.1 Å². The molecule has 3 nitrogen and oxygen atoms in total. The normalized spacial score (nSPS) is 17.7. The van der Waals surface area contributed by atoms with Gasteiger partial charge in [0, 0.05) is 18.1 Å². The average Bonchev–Trinajstić information content (AvgIpc) is 3.04. The maximum Gasteiger partial charge on any atom is 0.243 e. The van der Waals surface area contributed by atoms with Gasteiger partial charge in [0.25, 0.3) is 0 Å². The first-order chi connectivity index (χ1) is 10.5. The minimum Gasteiger partial charge on any atom is -0.207 e. The minimum atomic E-state index is -3.46. The zero-order valence-corrected chi connectivity index (χ0v) is 14.7. The Kier molecular flexibility index (Phi) is 4.59. The summed E-state index contributed by atoms with van der Waals surface area (Å²) < 4.78 is 27.2. The van der Waals surface area contributed by atoms with Crippen molar-refractivity contribution in [1.82, 2.24) is 4.31 Å². The van der Waals surface area contributed by atoms with Crippen molar-refractivity contribution in [1.29, 1.82) is 0 Å². The summed E-state index contributed by atoms with van der Waals surface area (Å²) in [6.07, 6.45) is 1.74. The van der Waals surface area contributed by atoms with Crippen LogP contribution in [0.2, 0.25) is 5.02 Å². The Morgan fingerprint density at radius 2 is 1.95 bits per heavy atom. The quantitative estimate of drug-likeness (QED) is 0.824. The molecular formula is C16H18ClNO2S2. The molecule has 0 spiro atoms. The fourth-order valence-electron chi connectivity index (χ4n) is 2.94. The van der Waals surface area contributed by atoms with Gasteiger partial charge in [0.05, 0.1) is 4.90 Å². The third-order valence-electron chi connectivity index (χ3n) is 4.30. The predicted octanol–water partition coefficient (Wildman–Crippen LogP) is 4.28. The third kappa shape index (κ3) is 2.95. The largest absolute Gasteiger partial charge is 0.243 e. The number of halogens is 1. The van der Waals surface area contributed by atoms with Crippen molar-refractivity contribution >= 4 is 33.0 Å². The molecule has 1 fully saturated rings. The van der Waals surface area contributed by atoms with Crippen molar-refractivity contribution in [3.05, 3.63) is 51.2 Å². The number of benzene rings is 1. The van der Waals surface area contributed by atoms with Gasteiger partial charge in [-0.15, -0.1) is 0 Å². The highest BCUT2D eigenvalue weighted by molar-refractivity contribution is 7.89. The van der Waals surface area contributed by atoms with Crippen LogP contribution in [0.4, 0.5) is 0 Å². The van der Waals surface area contributed by atoms with E-state index in [0.29, 0.717) is 34.5 Å². The molecule has 0 radical (unpaired) electrons. The molecule has 22 heavy (non-hydrogen) atoms. The molecule has 0 aliphatic carbocycles.